The van der Waals surface area contributed by atoms with E-state index in [0.29, 0.717) is 18.5 Å². The molecular weight excluding hydrogens is 266 g/mol. The van der Waals surface area contributed by atoms with E-state index in [0.717, 1.165) is 30.9 Å². The fourth-order valence-corrected chi connectivity index (χ4v) is 2.07. The van der Waals surface area contributed by atoms with Crippen LogP contribution in [0.5, 0.6) is 0 Å². The highest BCUT2D eigenvalue weighted by Crippen LogP contribution is 2.14. The number of aromatic nitrogens is 1. The average molecular weight is 293 g/mol. The fourth-order valence-electron chi connectivity index (χ4n) is 2.07. The number of hydrogen-bond acceptors (Lipinski definition) is 4. The molecule has 0 saturated carbocycles. The molecule has 1 atom stereocenters. The maximum atomic E-state index is 12.5. The predicted molar refractivity (Wildman–Crippen MR) is 85.7 cm³/mol. The molecule has 1 rings (SSSR count). The summed E-state index contributed by atoms with van der Waals surface area (Å²) < 4.78 is 0. The van der Waals surface area contributed by atoms with Crippen LogP contribution in [0.2, 0.25) is 0 Å². The van der Waals surface area contributed by atoms with Crippen molar-refractivity contribution < 1.29 is 9.90 Å². The SMILES string of the molecule is CCCc1cc(C(=O)N(C)CCC(C)O)cc(NCC)n1. The predicted octanol–water partition coefficient (Wildman–Crippen LogP) is 2.31. The highest BCUT2D eigenvalue weighted by atomic mass is 16.3. The van der Waals surface area contributed by atoms with Crippen molar-refractivity contribution in [1.29, 1.82) is 0 Å². The van der Waals surface area contributed by atoms with Gasteiger partial charge in [-0.15, -0.1) is 0 Å². The second-order valence-electron chi connectivity index (χ2n) is 5.38. The van der Waals surface area contributed by atoms with Gasteiger partial charge < -0.3 is 15.3 Å². The van der Waals surface area contributed by atoms with E-state index in [4.69, 9.17) is 0 Å². The van der Waals surface area contributed by atoms with Crippen LogP contribution in [0.1, 0.15) is 49.7 Å². The van der Waals surface area contributed by atoms with Crippen molar-refractivity contribution in [2.24, 2.45) is 0 Å². The number of amides is 1. The molecule has 1 aromatic heterocycles. The van der Waals surface area contributed by atoms with Crippen molar-refractivity contribution >= 4 is 11.7 Å². The lowest BCUT2D eigenvalue weighted by atomic mass is 10.1. The summed E-state index contributed by atoms with van der Waals surface area (Å²) in [6, 6.07) is 3.66. The van der Waals surface area contributed by atoms with Crippen LogP contribution < -0.4 is 5.32 Å². The summed E-state index contributed by atoms with van der Waals surface area (Å²) in [5.41, 5.74) is 1.58. The molecule has 5 nitrogen and oxygen atoms in total. The number of nitrogens with zero attached hydrogens (tertiary/aromatic N) is 2. The molecule has 2 N–H and O–H groups in total. The first-order valence-corrected chi connectivity index (χ1v) is 7.66. The smallest absolute Gasteiger partial charge is 0.253 e. The number of rotatable bonds is 8. The minimum atomic E-state index is -0.398. The van der Waals surface area contributed by atoms with Crippen LogP contribution in [-0.2, 0) is 6.42 Å². The van der Waals surface area contributed by atoms with E-state index in [1.54, 1.807) is 24.9 Å². The number of carbonyl (C=O) groups is 1. The van der Waals surface area contributed by atoms with Gasteiger partial charge in [0.25, 0.3) is 5.91 Å². The van der Waals surface area contributed by atoms with Gasteiger partial charge in [0.1, 0.15) is 5.82 Å². The average Bonchev–Trinajstić information content (AvgIpc) is 2.44. The second-order valence-corrected chi connectivity index (χ2v) is 5.38. The van der Waals surface area contributed by atoms with E-state index in [1.807, 2.05) is 13.0 Å². The first-order valence-electron chi connectivity index (χ1n) is 7.66. The number of aryl methyl sites for hydroxylation is 1. The fraction of sp³-hybridized carbons (Fsp3) is 0.625. The molecular formula is C16H27N3O2. The number of pyridine rings is 1. The van der Waals surface area contributed by atoms with Gasteiger partial charge in [0.2, 0.25) is 0 Å². The van der Waals surface area contributed by atoms with Crippen molar-refractivity contribution in [1.82, 2.24) is 9.88 Å². The molecule has 0 saturated heterocycles. The largest absolute Gasteiger partial charge is 0.393 e. The Hall–Kier alpha value is -1.62. The summed E-state index contributed by atoms with van der Waals surface area (Å²) in [6.07, 6.45) is 2.03. The van der Waals surface area contributed by atoms with E-state index in [1.165, 1.54) is 0 Å². The van der Waals surface area contributed by atoms with Gasteiger partial charge in [0.15, 0.2) is 0 Å². The molecule has 1 heterocycles. The van der Waals surface area contributed by atoms with Crippen LogP contribution in [0, 0.1) is 0 Å². The number of aliphatic hydroxyl groups is 1. The normalized spacial score (nSPS) is 12.0. The number of anilines is 1. The Balaban J connectivity index is 2.90. The standard InChI is InChI=1S/C16H27N3O2/c1-5-7-14-10-13(11-15(18-14)17-6-2)16(21)19(4)9-8-12(3)20/h10-12,20H,5-9H2,1-4H3,(H,17,18). The molecule has 0 bridgehead atoms. The maximum absolute atomic E-state index is 12.5. The van der Waals surface area contributed by atoms with Crippen molar-refractivity contribution in [3.05, 3.63) is 23.4 Å². The molecule has 1 unspecified atom stereocenters. The van der Waals surface area contributed by atoms with Crippen LogP contribution in [0.3, 0.4) is 0 Å². The zero-order chi connectivity index (χ0) is 15.8. The van der Waals surface area contributed by atoms with E-state index < -0.39 is 6.10 Å². The molecule has 21 heavy (non-hydrogen) atoms. The van der Waals surface area contributed by atoms with Gasteiger partial charge >= 0.3 is 0 Å². The molecule has 0 spiro atoms. The zero-order valence-corrected chi connectivity index (χ0v) is 13.5. The van der Waals surface area contributed by atoms with Gasteiger partial charge in [0.05, 0.1) is 6.10 Å². The van der Waals surface area contributed by atoms with Gasteiger partial charge in [-0.1, -0.05) is 13.3 Å². The Morgan fingerprint density at radius 3 is 2.71 bits per heavy atom. The quantitative estimate of drug-likeness (QED) is 0.772. The lowest BCUT2D eigenvalue weighted by molar-refractivity contribution is 0.0768. The molecule has 0 aliphatic heterocycles. The molecule has 118 valence electrons. The van der Waals surface area contributed by atoms with Gasteiger partial charge in [-0.3, -0.25) is 4.79 Å². The lowest BCUT2D eigenvalue weighted by Crippen LogP contribution is -2.29. The molecule has 5 heteroatoms. The van der Waals surface area contributed by atoms with E-state index in [2.05, 4.69) is 17.2 Å². The highest BCUT2D eigenvalue weighted by molar-refractivity contribution is 5.94. The van der Waals surface area contributed by atoms with E-state index >= 15 is 0 Å². The summed E-state index contributed by atoms with van der Waals surface area (Å²) in [5, 5.41) is 12.5. The number of carbonyl (C=O) groups excluding carboxylic acids is 1. The molecule has 0 aliphatic rings. The monoisotopic (exact) mass is 293 g/mol. The molecule has 0 fully saturated rings. The Morgan fingerprint density at radius 1 is 1.43 bits per heavy atom. The third kappa shape index (κ3) is 5.71. The van der Waals surface area contributed by atoms with Gasteiger partial charge in [-0.2, -0.15) is 0 Å². The molecule has 1 amide bonds. The van der Waals surface area contributed by atoms with E-state index in [9.17, 15) is 9.90 Å². The van der Waals surface area contributed by atoms with Crippen molar-refractivity contribution in [2.75, 3.05) is 25.5 Å². The summed E-state index contributed by atoms with van der Waals surface area (Å²) in [5.74, 6) is 0.713. The van der Waals surface area contributed by atoms with Crippen LogP contribution in [0.4, 0.5) is 5.82 Å². The Morgan fingerprint density at radius 2 is 2.14 bits per heavy atom. The topological polar surface area (TPSA) is 65.5 Å². The minimum Gasteiger partial charge on any atom is -0.393 e. The highest BCUT2D eigenvalue weighted by Gasteiger charge is 2.14. The molecule has 1 aromatic rings. The number of nitrogens with one attached hydrogen (secondary N) is 1. The third-order valence-corrected chi connectivity index (χ3v) is 3.22. The first kappa shape index (κ1) is 17.4. The summed E-state index contributed by atoms with van der Waals surface area (Å²) >= 11 is 0. The Kier molecular flexibility index (Phi) is 7.15. The van der Waals surface area contributed by atoms with Gasteiger partial charge in [0, 0.05) is 31.4 Å². The van der Waals surface area contributed by atoms with Crippen molar-refractivity contribution in [3.8, 4) is 0 Å². The zero-order valence-electron chi connectivity index (χ0n) is 13.5. The summed E-state index contributed by atoms with van der Waals surface area (Å²) in [6.45, 7) is 7.14. The van der Waals surface area contributed by atoms with Crippen LogP contribution in [-0.4, -0.2) is 47.1 Å². The van der Waals surface area contributed by atoms with Crippen molar-refractivity contribution in [3.63, 3.8) is 0 Å². The third-order valence-electron chi connectivity index (χ3n) is 3.22. The second kappa shape index (κ2) is 8.62. The van der Waals surface area contributed by atoms with Gasteiger partial charge in [-0.25, -0.2) is 4.98 Å². The van der Waals surface area contributed by atoms with Crippen LogP contribution in [0.25, 0.3) is 0 Å². The molecule has 0 radical (unpaired) electrons. The first-order chi connectivity index (χ1) is 9.97. The summed E-state index contributed by atoms with van der Waals surface area (Å²) in [7, 11) is 1.76. The molecule has 0 aromatic carbocycles. The van der Waals surface area contributed by atoms with Gasteiger partial charge in [-0.05, 0) is 38.8 Å². The van der Waals surface area contributed by atoms with Crippen molar-refractivity contribution in [2.45, 2.75) is 46.1 Å². The summed E-state index contributed by atoms with van der Waals surface area (Å²) in [4.78, 5) is 18.6. The van der Waals surface area contributed by atoms with Crippen LogP contribution in [0.15, 0.2) is 12.1 Å². The number of aliphatic hydroxyl groups excluding tert-OH is 1. The van der Waals surface area contributed by atoms with Crippen LogP contribution >= 0.6 is 0 Å². The lowest BCUT2D eigenvalue weighted by Gasteiger charge is -2.19. The molecule has 0 aliphatic carbocycles. The van der Waals surface area contributed by atoms with E-state index in [-0.39, 0.29) is 5.91 Å². The Bertz CT molecular complexity index is 437. The minimum absolute atomic E-state index is 0.0328. The number of hydrogen-bond donors (Lipinski definition) is 2. The maximum Gasteiger partial charge on any atom is 0.253 e. The Labute approximate surface area is 127 Å².